The summed E-state index contributed by atoms with van der Waals surface area (Å²) in [6.07, 6.45) is 6.81. The molecule has 0 bridgehead atoms. The third-order valence-corrected chi connectivity index (χ3v) is 8.80. The van der Waals surface area contributed by atoms with Gasteiger partial charge < -0.3 is 41.3 Å². The van der Waals surface area contributed by atoms with Gasteiger partial charge in [-0.2, -0.15) is 0 Å². The first-order valence-corrected chi connectivity index (χ1v) is 18.3. The van der Waals surface area contributed by atoms with E-state index in [1.54, 1.807) is 6.20 Å². The first kappa shape index (κ1) is 41.8. The second-order valence-corrected chi connectivity index (χ2v) is 14.0. The lowest BCUT2D eigenvalue weighted by Crippen LogP contribution is -2.54. The van der Waals surface area contributed by atoms with Gasteiger partial charge in [0.1, 0.15) is 30.3 Å². The lowest BCUT2D eigenvalue weighted by Gasteiger charge is -2.31. The highest BCUT2D eigenvalue weighted by atomic mass is 19.1. The van der Waals surface area contributed by atoms with E-state index in [1.165, 1.54) is 28.5 Å². The molecule has 6 N–H and O–H groups in total. The molecule has 3 atom stereocenters. The molecule has 2 heterocycles. The number of hydrogen-bond donors (Lipinski definition) is 5. The smallest absolute Gasteiger partial charge is 0.255 e. The van der Waals surface area contributed by atoms with E-state index in [-0.39, 0.29) is 55.7 Å². The van der Waals surface area contributed by atoms with Crippen molar-refractivity contribution < 1.29 is 33.4 Å². The Hall–Kier alpha value is -4.65. The monoisotopic (exact) mass is 724 g/mol. The summed E-state index contributed by atoms with van der Waals surface area (Å²) in [6.45, 7) is 6.72. The first-order chi connectivity index (χ1) is 24.8. The molecular formula is C39H57FN6O6. The van der Waals surface area contributed by atoms with Crippen LogP contribution in [0.5, 0.6) is 5.75 Å². The van der Waals surface area contributed by atoms with E-state index < -0.39 is 41.7 Å². The maximum atomic E-state index is 14.2. The largest absolute Gasteiger partial charge is 0.486 e. The van der Waals surface area contributed by atoms with Crippen LogP contribution in [0.15, 0.2) is 60.4 Å². The van der Waals surface area contributed by atoms with Gasteiger partial charge in [-0.15, -0.1) is 0 Å². The quantitative estimate of drug-likeness (QED) is 0.313. The zero-order valence-corrected chi connectivity index (χ0v) is 31.0. The van der Waals surface area contributed by atoms with Crippen LogP contribution in [0.2, 0.25) is 0 Å². The molecule has 0 aromatic heterocycles. The molecule has 286 valence electrons. The Morgan fingerprint density at radius 1 is 0.962 bits per heavy atom. The zero-order valence-electron chi connectivity index (χ0n) is 31.0. The van der Waals surface area contributed by atoms with Crippen LogP contribution in [0.4, 0.5) is 4.39 Å². The SMILES string of the molecule is CC(C)CC1NC(=O)c2ccc(F)cc2OC/C(N)=C/NCCCCCCCCNC(=O)CN(C)C(=O)C2CC(O)CN2C1=O.Cc1ccccc1. The number of halogens is 1. The molecule has 52 heavy (non-hydrogen) atoms. The highest BCUT2D eigenvalue weighted by Crippen LogP contribution is 2.24. The highest BCUT2D eigenvalue weighted by Gasteiger charge is 2.43. The normalized spacial score (nSPS) is 23.1. The minimum Gasteiger partial charge on any atom is -0.486 e. The lowest BCUT2D eigenvalue weighted by atomic mass is 10.0. The summed E-state index contributed by atoms with van der Waals surface area (Å²) >= 11 is 0. The van der Waals surface area contributed by atoms with Gasteiger partial charge in [0.25, 0.3) is 5.91 Å². The van der Waals surface area contributed by atoms with Crippen molar-refractivity contribution in [3.63, 3.8) is 0 Å². The summed E-state index contributed by atoms with van der Waals surface area (Å²) in [4.78, 5) is 55.9. The van der Waals surface area contributed by atoms with E-state index in [0.717, 1.165) is 57.2 Å². The van der Waals surface area contributed by atoms with Gasteiger partial charge in [0.15, 0.2) is 0 Å². The Bertz CT molecular complexity index is 1490. The van der Waals surface area contributed by atoms with Crippen LogP contribution >= 0.6 is 0 Å². The third kappa shape index (κ3) is 14.2. The minimum atomic E-state index is -1.04. The number of nitrogens with one attached hydrogen (secondary N) is 3. The molecule has 2 aromatic rings. The molecule has 2 aromatic carbocycles. The Balaban J connectivity index is 0.000000927. The molecule has 1 fully saturated rings. The number of aliphatic hydroxyl groups is 1. The van der Waals surface area contributed by atoms with Gasteiger partial charge in [-0.3, -0.25) is 19.2 Å². The van der Waals surface area contributed by atoms with E-state index in [9.17, 15) is 28.7 Å². The van der Waals surface area contributed by atoms with Gasteiger partial charge in [0, 0.05) is 45.4 Å². The molecule has 3 unspecified atom stereocenters. The van der Waals surface area contributed by atoms with E-state index in [2.05, 4.69) is 35.0 Å². The van der Waals surface area contributed by atoms with Crippen molar-refractivity contribution >= 4 is 23.6 Å². The second kappa shape index (κ2) is 21.7. The van der Waals surface area contributed by atoms with Crippen molar-refractivity contribution in [1.82, 2.24) is 25.8 Å². The predicted molar refractivity (Wildman–Crippen MR) is 199 cm³/mol. The van der Waals surface area contributed by atoms with Crippen LogP contribution in [-0.2, 0) is 14.4 Å². The van der Waals surface area contributed by atoms with E-state index in [0.29, 0.717) is 12.2 Å². The number of benzene rings is 2. The summed E-state index contributed by atoms with van der Waals surface area (Å²) in [6, 6.07) is 11.7. The van der Waals surface area contributed by atoms with E-state index >= 15 is 0 Å². The number of ether oxygens (including phenoxy) is 1. The standard InChI is InChI=1S/C32H49FN6O6.C7H8/c1-21(2)14-26-31(43)39-18-24(40)16-27(39)32(44)38(3)19-29(41)36-13-9-7-5-4-6-8-12-35-17-23(34)20-45-28-15-22(33)10-11-25(28)30(42)37-26;1-7-5-3-2-4-6-7/h10-11,15,17,21,24,26-27,35,40H,4-9,12-14,16,18-20,34H2,1-3H3,(H,36,41)(H,37,42);2-6H,1H3/b23-17-;. The molecule has 0 spiro atoms. The van der Waals surface area contributed by atoms with Crippen LogP contribution in [-0.4, -0.2) is 96.6 Å². The number of hydrogen-bond acceptors (Lipinski definition) is 8. The highest BCUT2D eigenvalue weighted by molar-refractivity contribution is 6.00. The number of aliphatic hydroxyl groups excluding tert-OH is 1. The molecule has 1 saturated heterocycles. The number of likely N-dealkylation sites (N-methyl/N-ethyl adjacent to an activating group) is 1. The van der Waals surface area contributed by atoms with Gasteiger partial charge in [-0.05, 0) is 44.2 Å². The molecule has 0 radical (unpaired) electrons. The van der Waals surface area contributed by atoms with E-state index in [4.69, 9.17) is 10.5 Å². The number of aryl methyl sites for hydroxylation is 1. The molecule has 0 aliphatic carbocycles. The molecule has 0 saturated carbocycles. The summed E-state index contributed by atoms with van der Waals surface area (Å²) in [5.41, 5.74) is 7.76. The first-order valence-electron chi connectivity index (χ1n) is 18.3. The van der Waals surface area contributed by atoms with Crippen LogP contribution < -0.4 is 26.4 Å². The Morgan fingerprint density at radius 3 is 2.29 bits per heavy atom. The van der Waals surface area contributed by atoms with Crippen molar-refractivity contribution in [2.45, 2.75) is 90.3 Å². The van der Waals surface area contributed by atoms with Crippen LogP contribution in [0.1, 0.15) is 81.1 Å². The van der Waals surface area contributed by atoms with Gasteiger partial charge in [0.05, 0.1) is 23.9 Å². The molecule has 4 amide bonds. The number of amides is 4. The summed E-state index contributed by atoms with van der Waals surface area (Å²) in [7, 11) is 1.49. The van der Waals surface area contributed by atoms with Crippen molar-refractivity contribution in [2.24, 2.45) is 11.7 Å². The number of rotatable bonds is 2. The number of fused-ring (bicyclic) bond motifs is 2. The van der Waals surface area contributed by atoms with Gasteiger partial charge in [0.2, 0.25) is 17.7 Å². The molecule has 2 aliphatic heterocycles. The summed E-state index contributed by atoms with van der Waals surface area (Å²) in [5.74, 6) is -2.64. The number of nitrogens with two attached hydrogens (primary N) is 1. The fraction of sp³-hybridized carbons (Fsp3) is 0.538. The van der Waals surface area contributed by atoms with Crippen molar-refractivity contribution in [3.8, 4) is 5.75 Å². The number of nitrogens with zero attached hydrogens (tertiary/aromatic N) is 2. The van der Waals surface area contributed by atoms with Gasteiger partial charge in [-0.1, -0.05) is 75.4 Å². The topological polar surface area (TPSA) is 166 Å². The molecule has 2 aliphatic rings. The maximum absolute atomic E-state index is 14.2. The number of carbonyl (C=O) groups is 4. The summed E-state index contributed by atoms with van der Waals surface area (Å²) in [5, 5.41) is 19.2. The van der Waals surface area contributed by atoms with Gasteiger partial charge in [-0.25, -0.2) is 4.39 Å². The summed E-state index contributed by atoms with van der Waals surface area (Å²) < 4.78 is 19.9. The molecule has 13 heteroatoms. The van der Waals surface area contributed by atoms with Crippen molar-refractivity contribution in [2.75, 3.05) is 39.8 Å². The molecular weight excluding hydrogens is 667 g/mol. The molecule has 12 nitrogen and oxygen atoms in total. The van der Waals surface area contributed by atoms with Crippen molar-refractivity contribution in [1.29, 1.82) is 0 Å². The fourth-order valence-electron chi connectivity index (χ4n) is 6.05. The Labute approximate surface area is 307 Å². The Morgan fingerprint density at radius 2 is 1.63 bits per heavy atom. The molecule has 4 rings (SSSR count). The number of carbonyl (C=O) groups excluding carboxylic acids is 4. The van der Waals surface area contributed by atoms with Crippen LogP contribution in [0, 0.1) is 18.7 Å². The van der Waals surface area contributed by atoms with Crippen LogP contribution in [0.3, 0.4) is 0 Å². The maximum Gasteiger partial charge on any atom is 0.255 e. The second-order valence-electron chi connectivity index (χ2n) is 14.0. The van der Waals surface area contributed by atoms with E-state index in [1.807, 2.05) is 32.0 Å². The zero-order chi connectivity index (χ0) is 38.0. The van der Waals surface area contributed by atoms with Crippen molar-refractivity contribution in [3.05, 3.63) is 77.4 Å². The Kier molecular flexibility index (Phi) is 17.4. The van der Waals surface area contributed by atoms with Gasteiger partial charge >= 0.3 is 0 Å². The fourth-order valence-corrected chi connectivity index (χ4v) is 6.05. The average molecular weight is 725 g/mol. The van der Waals surface area contributed by atoms with Crippen LogP contribution in [0.25, 0.3) is 0 Å². The average Bonchev–Trinajstić information content (AvgIpc) is 3.50. The minimum absolute atomic E-state index is 0.0125. The third-order valence-electron chi connectivity index (χ3n) is 8.80. The lowest BCUT2D eigenvalue weighted by molar-refractivity contribution is -0.145. The predicted octanol–water partition coefficient (Wildman–Crippen LogP) is 3.62.